The van der Waals surface area contributed by atoms with Gasteiger partial charge in [-0.1, -0.05) is 6.92 Å². The molecule has 2 unspecified atom stereocenters. The lowest BCUT2D eigenvalue weighted by Gasteiger charge is -2.27. The molecule has 0 saturated carbocycles. The van der Waals surface area contributed by atoms with Gasteiger partial charge in [-0.2, -0.15) is 0 Å². The summed E-state index contributed by atoms with van der Waals surface area (Å²) in [5.74, 6) is 0.0241. The standard InChI is InChI=1S/C13H17F2N/c1-9-2-4-12(16-8-9)7-10-6-11(14)3-5-13(10)15/h3,5-6,9,12,16H,2,4,7-8H2,1H3. The van der Waals surface area contributed by atoms with Crippen molar-refractivity contribution in [1.29, 1.82) is 0 Å². The van der Waals surface area contributed by atoms with E-state index in [2.05, 4.69) is 12.2 Å². The fourth-order valence-corrected chi connectivity index (χ4v) is 2.20. The number of hydrogen-bond donors (Lipinski definition) is 1. The van der Waals surface area contributed by atoms with E-state index < -0.39 is 0 Å². The van der Waals surface area contributed by atoms with E-state index in [-0.39, 0.29) is 17.7 Å². The van der Waals surface area contributed by atoms with Crippen molar-refractivity contribution in [3.05, 3.63) is 35.4 Å². The quantitative estimate of drug-likeness (QED) is 0.816. The van der Waals surface area contributed by atoms with Gasteiger partial charge in [-0.15, -0.1) is 0 Å². The van der Waals surface area contributed by atoms with Crippen molar-refractivity contribution < 1.29 is 8.78 Å². The number of nitrogens with one attached hydrogen (secondary N) is 1. The molecular weight excluding hydrogens is 208 g/mol. The zero-order valence-corrected chi connectivity index (χ0v) is 9.47. The second-order valence-corrected chi connectivity index (χ2v) is 4.73. The van der Waals surface area contributed by atoms with E-state index in [1.165, 1.54) is 12.1 Å². The molecule has 3 heteroatoms. The number of rotatable bonds is 2. The second-order valence-electron chi connectivity index (χ2n) is 4.73. The third kappa shape index (κ3) is 2.79. The predicted octanol–water partition coefficient (Wildman–Crippen LogP) is 2.90. The van der Waals surface area contributed by atoms with Gasteiger partial charge in [0.15, 0.2) is 0 Å². The minimum Gasteiger partial charge on any atom is -0.313 e. The van der Waals surface area contributed by atoms with Crippen LogP contribution >= 0.6 is 0 Å². The summed E-state index contributed by atoms with van der Waals surface area (Å²) >= 11 is 0. The molecule has 1 aliphatic heterocycles. The summed E-state index contributed by atoms with van der Waals surface area (Å²) in [7, 11) is 0. The molecule has 1 fully saturated rings. The van der Waals surface area contributed by atoms with E-state index in [9.17, 15) is 8.78 Å². The Balaban J connectivity index is 2.00. The van der Waals surface area contributed by atoms with Crippen LogP contribution in [0.3, 0.4) is 0 Å². The van der Waals surface area contributed by atoms with Crippen molar-refractivity contribution in [1.82, 2.24) is 5.32 Å². The molecule has 1 aromatic rings. The summed E-state index contributed by atoms with van der Waals surface area (Å²) in [6, 6.07) is 3.95. The SMILES string of the molecule is CC1CCC(Cc2cc(F)ccc2F)NC1. The van der Waals surface area contributed by atoms with Crippen LogP contribution < -0.4 is 5.32 Å². The molecule has 0 amide bonds. The zero-order chi connectivity index (χ0) is 11.5. The third-order valence-electron chi connectivity index (χ3n) is 3.24. The first-order valence-corrected chi connectivity index (χ1v) is 5.82. The van der Waals surface area contributed by atoms with Gasteiger partial charge in [0.1, 0.15) is 11.6 Å². The van der Waals surface area contributed by atoms with Crippen LogP contribution in [-0.2, 0) is 6.42 Å². The topological polar surface area (TPSA) is 12.0 Å². The van der Waals surface area contributed by atoms with E-state index in [4.69, 9.17) is 0 Å². The van der Waals surface area contributed by atoms with Crippen LogP contribution in [0.2, 0.25) is 0 Å². The molecule has 16 heavy (non-hydrogen) atoms. The summed E-state index contributed by atoms with van der Waals surface area (Å²) in [6.07, 6.45) is 2.78. The Hall–Kier alpha value is -0.960. The zero-order valence-electron chi connectivity index (χ0n) is 9.47. The Morgan fingerprint density at radius 1 is 1.31 bits per heavy atom. The number of hydrogen-bond acceptors (Lipinski definition) is 1. The summed E-state index contributed by atoms with van der Waals surface area (Å²) in [6.45, 7) is 3.17. The molecular formula is C13H17F2N. The fourth-order valence-electron chi connectivity index (χ4n) is 2.20. The van der Waals surface area contributed by atoms with Crippen molar-refractivity contribution >= 4 is 0 Å². The summed E-state index contributed by atoms with van der Waals surface area (Å²) < 4.78 is 26.4. The Kier molecular flexibility index (Phi) is 3.54. The third-order valence-corrected chi connectivity index (χ3v) is 3.24. The Labute approximate surface area is 94.9 Å². The molecule has 0 radical (unpaired) electrons. The number of halogens is 2. The molecule has 1 aromatic carbocycles. The van der Waals surface area contributed by atoms with Gasteiger partial charge in [0.2, 0.25) is 0 Å². The molecule has 88 valence electrons. The van der Waals surface area contributed by atoms with E-state index in [0.717, 1.165) is 25.5 Å². The van der Waals surface area contributed by atoms with Gasteiger partial charge in [0, 0.05) is 6.04 Å². The average Bonchev–Trinajstić information content (AvgIpc) is 2.27. The highest BCUT2D eigenvalue weighted by atomic mass is 19.1. The van der Waals surface area contributed by atoms with Crippen molar-refractivity contribution in [3.8, 4) is 0 Å². The number of piperidine rings is 1. The monoisotopic (exact) mass is 225 g/mol. The first kappa shape index (κ1) is 11.5. The van der Waals surface area contributed by atoms with Crippen molar-refractivity contribution in [3.63, 3.8) is 0 Å². The minimum atomic E-state index is -0.361. The fraction of sp³-hybridized carbons (Fsp3) is 0.538. The molecule has 1 N–H and O–H groups in total. The highest BCUT2D eigenvalue weighted by molar-refractivity contribution is 5.19. The molecule has 1 saturated heterocycles. The molecule has 0 aliphatic carbocycles. The molecule has 1 heterocycles. The van der Waals surface area contributed by atoms with Gasteiger partial charge in [0.05, 0.1) is 0 Å². The second kappa shape index (κ2) is 4.91. The van der Waals surface area contributed by atoms with Crippen LogP contribution in [0.25, 0.3) is 0 Å². The van der Waals surface area contributed by atoms with Gasteiger partial charge in [-0.3, -0.25) is 0 Å². The van der Waals surface area contributed by atoms with Crippen LogP contribution in [0.15, 0.2) is 18.2 Å². The van der Waals surface area contributed by atoms with Gasteiger partial charge in [-0.25, -0.2) is 8.78 Å². The highest BCUT2D eigenvalue weighted by Crippen LogP contribution is 2.18. The van der Waals surface area contributed by atoms with Crippen LogP contribution in [-0.4, -0.2) is 12.6 Å². The average molecular weight is 225 g/mol. The summed E-state index contributed by atoms with van der Waals surface area (Å²) in [5.41, 5.74) is 0.479. The highest BCUT2D eigenvalue weighted by Gasteiger charge is 2.18. The van der Waals surface area contributed by atoms with Crippen molar-refractivity contribution in [2.24, 2.45) is 5.92 Å². The number of benzene rings is 1. The maximum atomic E-state index is 13.4. The Bertz CT molecular complexity index is 357. The molecule has 2 rings (SSSR count). The Morgan fingerprint density at radius 2 is 2.12 bits per heavy atom. The first-order chi connectivity index (χ1) is 7.65. The van der Waals surface area contributed by atoms with Crippen LogP contribution in [0.4, 0.5) is 8.78 Å². The van der Waals surface area contributed by atoms with E-state index in [0.29, 0.717) is 17.9 Å². The largest absolute Gasteiger partial charge is 0.313 e. The maximum absolute atomic E-state index is 13.4. The molecule has 1 aliphatic rings. The van der Waals surface area contributed by atoms with Crippen molar-refractivity contribution in [2.45, 2.75) is 32.2 Å². The predicted molar refractivity (Wildman–Crippen MR) is 60.3 cm³/mol. The molecule has 2 atom stereocenters. The normalized spacial score (nSPS) is 25.7. The molecule has 0 bridgehead atoms. The van der Waals surface area contributed by atoms with Crippen LogP contribution in [0.1, 0.15) is 25.3 Å². The lowest BCUT2D eigenvalue weighted by Crippen LogP contribution is -2.39. The van der Waals surface area contributed by atoms with E-state index >= 15 is 0 Å². The van der Waals surface area contributed by atoms with E-state index in [1.54, 1.807) is 0 Å². The van der Waals surface area contributed by atoms with Gasteiger partial charge < -0.3 is 5.32 Å². The van der Waals surface area contributed by atoms with Crippen molar-refractivity contribution in [2.75, 3.05) is 6.54 Å². The van der Waals surface area contributed by atoms with Gasteiger partial charge in [-0.05, 0) is 55.5 Å². The summed E-state index contributed by atoms with van der Waals surface area (Å²) in [5, 5.41) is 3.37. The Morgan fingerprint density at radius 3 is 2.81 bits per heavy atom. The van der Waals surface area contributed by atoms with E-state index in [1.807, 2.05) is 0 Å². The lowest BCUT2D eigenvalue weighted by molar-refractivity contribution is 0.324. The lowest BCUT2D eigenvalue weighted by atomic mass is 9.92. The molecule has 0 aromatic heterocycles. The van der Waals surface area contributed by atoms with Crippen LogP contribution in [0, 0.1) is 17.6 Å². The van der Waals surface area contributed by atoms with Gasteiger partial charge in [0.25, 0.3) is 0 Å². The smallest absolute Gasteiger partial charge is 0.126 e. The van der Waals surface area contributed by atoms with Crippen LogP contribution in [0.5, 0.6) is 0 Å². The molecule has 1 nitrogen and oxygen atoms in total. The van der Waals surface area contributed by atoms with Gasteiger partial charge >= 0.3 is 0 Å². The minimum absolute atomic E-state index is 0.285. The maximum Gasteiger partial charge on any atom is 0.126 e. The molecule has 0 spiro atoms. The first-order valence-electron chi connectivity index (χ1n) is 5.82. The summed E-state index contributed by atoms with van der Waals surface area (Å²) in [4.78, 5) is 0.